The van der Waals surface area contributed by atoms with Crippen molar-refractivity contribution in [2.24, 2.45) is 0 Å². The zero-order valence-electron chi connectivity index (χ0n) is 34.6. The highest BCUT2D eigenvalue weighted by Crippen LogP contribution is 2.42. The van der Waals surface area contributed by atoms with Gasteiger partial charge in [0.05, 0.1) is 33.4 Å². The van der Waals surface area contributed by atoms with Crippen LogP contribution in [0.25, 0.3) is 77.2 Å². The van der Waals surface area contributed by atoms with Gasteiger partial charge in [0.25, 0.3) is 0 Å². The highest BCUT2D eigenvalue weighted by molar-refractivity contribution is 7.20. The molecule has 0 spiro atoms. The number of benzene rings is 10. The van der Waals surface area contributed by atoms with Crippen molar-refractivity contribution in [3.63, 3.8) is 0 Å². The summed E-state index contributed by atoms with van der Waals surface area (Å²) >= 11 is 0. The average molecular weight is 819 g/mol. The lowest BCUT2D eigenvalue weighted by molar-refractivity contribution is 1.17. The number of para-hydroxylation sites is 2. The van der Waals surface area contributed by atoms with Crippen LogP contribution in [0.4, 0.5) is 0 Å². The number of fused-ring (bicyclic) bond motifs is 6. The maximum Gasteiger partial charge on any atom is 0.179 e. The lowest BCUT2D eigenvalue weighted by atomic mass is 9.98. The standard InChI is InChI=1S/C60H42N2Si/c1-6-21-43(22-7-1)45-37-39-50(44-23-8-2-9-24-44)58(41-45)62-55-34-19-17-32-53(55)60-56(35-20-36-57(60)62)61-54-33-18-16-31-51(54)52-40-38-49(42-59(52)61)63(46-25-10-3-11-26-46,47-27-12-4-13-28-47)48-29-14-5-15-30-48/h1-42H. The molecule has 0 aliphatic rings. The Bertz CT molecular complexity index is 3500. The van der Waals surface area contributed by atoms with Crippen LogP contribution in [0, 0.1) is 0 Å². The summed E-state index contributed by atoms with van der Waals surface area (Å²) in [4.78, 5) is 0. The molecule has 0 fully saturated rings. The van der Waals surface area contributed by atoms with E-state index in [-0.39, 0.29) is 0 Å². The number of rotatable bonds is 8. The molecule has 12 aromatic rings. The molecule has 0 radical (unpaired) electrons. The Hall–Kier alpha value is -7.98. The fourth-order valence-corrected chi connectivity index (χ4v) is 15.1. The Balaban J connectivity index is 1.18. The van der Waals surface area contributed by atoms with E-state index in [1.54, 1.807) is 0 Å². The van der Waals surface area contributed by atoms with Gasteiger partial charge in [-0.05, 0) is 73.8 Å². The summed E-state index contributed by atoms with van der Waals surface area (Å²) in [5.41, 5.74) is 11.8. The third kappa shape index (κ3) is 5.85. The molecule has 2 nitrogen and oxygen atoms in total. The summed E-state index contributed by atoms with van der Waals surface area (Å²) in [5, 5.41) is 10.4. The first kappa shape index (κ1) is 36.8. The van der Waals surface area contributed by atoms with Gasteiger partial charge in [-0.25, -0.2) is 0 Å². The molecule has 10 aromatic carbocycles. The van der Waals surface area contributed by atoms with Crippen LogP contribution in [0.3, 0.4) is 0 Å². The zero-order chi connectivity index (χ0) is 41.7. The molecule has 0 saturated heterocycles. The maximum absolute atomic E-state index is 2.82. The number of hydrogen-bond acceptors (Lipinski definition) is 0. The lowest BCUT2D eigenvalue weighted by Gasteiger charge is -2.34. The Kier molecular flexibility index (Phi) is 8.87. The third-order valence-corrected chi connectivity index (χ3v) is 17.8. The average Bonchev–Trinajstić information content (AvgIpc) is 3.88. The van der Waals surface area contributed by atoms with Crippen molar-refractivity contribution in [1.82, 2.24) is 9.13 Å². The second kappa shape index (κ2) is 15.2. The van der Waals surface area contributed by atoms with Gasteiger partial charge < -0.3 is 9.13 Å². The van der Waals surface area contributed by atoms with Gasteiger partial charge in [0.2, 0.25) is 0 Å². The molecular formula is C60H42N2Si. The number of aromatic nitrogens is 2. The Morgan fingerprint density at radius 1 is 0.254 bits per heavy atom. The summed E-state index contributed by atoms with van der Waals surface area (Å²) in [7, 11) is -2.82. The van der Waals surface area contributed by atoms with Crippen LogP contribution in [0.5, 0.6) is 0 Å². The van der Waals surface area contributed by atoms with Crippen molar-refractivity contribution in [2.45, 2.75) is 0 Å². The summed E-state index contributed by atoms with van der Waals surface area (Å²) in [5.74, 6) is 0. The molecule has 0 N–H and O–H groups in total. The van der Waals surface area contributed by atoms with Gasteiger partial charge >= 0.3 is 0 Å². The van der Waals surface area contributed by atoms with Crippen LogP contribution < -0.4 is 20.7 Å². The smallest absolute Gasteiger partial charge is 0.179 e. The molecule has 63 heavy (non-hydrogen) atoms. The van der Waals surface area contributed by atoms with Crippen molar-refractivity contribution >= 4 is 72.4 Å². The van der Waals surface area contributed by atoms with E-state index in [1.165, 1.54) is 86.6 Å². The van der Waals surface area contributed by atoms with E-state index in [0.29, 0.717) is 0 Å². The third-order valence-electron chi connectivity index (χ3n) is 13.1. The quantitative estimate of drug-likeness (QED) is 0.107. The van der Waals surface area contributed by atoms with Crippen molar-refractivity contribution in [3.05, 3.63) is 255 Å². The molecule has 0 atom stereocenters. The van der Waals surface area contributed by atoms with E-state index in [1.807, 2.05) is 0 Å². The van der Waals surface area contributed by atoms with Gasteiger partial charge in [-0.2, -0.15) is 0 Å². The highest BCUT2D eigenvalue weighted by atomic mass is 28.3. The largest absolute Gasteiger partial charge is 0.309 e. The molecule has 3 heteroatoms. The first-order valence-corrected chi connectivity index (χ1v) is 23.8. The second-order valence-electron chi connectivity index (χ2n) is 16.4. The summed E-state index contributed by atoms with van der Waals surface area (Å²) < 4.78 is 5.05. The van der Waals surface area contributed by atoms with E-state index in [0.717, 1.165) is 11.4 Å². The summed E-state index contributed by atoms with van der Waals surface area (Å²) in [6, 6.07) is 94.3. The van der Waals surface area contributed by atoms with Gasteiger partial charge in [-0.3, -0.25) is 0 Å². The van der Waals surface area contributed by atoms with Gasteiger partial charge in [-0.15, -0.1) is 0 Å². The highest BCUT2D eigenvalue weighted by Gasteiger charge is 2.41. The van der Waals surface area contributed by atoms with E-state index in [2.05, 4.69) is 264 Å². The molecule has 2 heterocycles. The van der Waals surface area contributed by atoms with Crippen LogP contribution in [0.2, 0.25) is 0 Å². The van der Waals surface area contributed by atoms with Crippen LogP contribution in [-0.4, -0.2) is 17.2 Å². The number of nitrogens with zero attached hydrogens (tertiary/aromatic N) is 2. The minimum absolute atomic E-state index is 1.15. The lowest BCUT2D eigenvalue weighted by Crippen LogP contribution is -2.74. The van der Waals surface area contributed by atoms with Crippen molar-refractivity contribution in [2.75, 3.05) is 0 Å². The van der Waals surface area contributed by atoms with E-state index in [9.17, 15) is 0 Å². The Morgan fingerprint density at radius 3 is 1.35 bits per heavy atom. The van der Waals surface area contributed by atoms with Gasteiger partial charge in [0.15, 0.2) is 8.07 Å². The Morgan fingerprint density at radius 2 is 0.730 bits per heavy atom. The van der Waals surface area contributed by atoms with Crippen molar-refractivity contribution in [1.29, 1.82) is 0 Å². The summed E-state index contributed by atoms with van der Waals surface area (Å²) in [6.45, 7) is 0. The predicted octanol–water partition coefficient (Wildman–Crippen LogP) is 12.6. The second-order valence-corrected chi connectivity index (χ2v) is 20.2. The molecular weight excluding hydrogens is 777 g/mol. The predicted molar refractivity (Wildman–Crippen MR) is 270 cm³/mol. The molecule has 0 amide bonds. The monoisotopic (exact) mass is 818 g/mol. The fraction of sp³-hybridized carbons (Fsp3) is 0. The van der Waals surface area contributed by atoms with E-state index < -0.39 is 8.07 Å². The van der Waals surface area contributed by atoms with Crippen molar-refractivity contribution < 1.29 is 0 Å². The number of hydrogen-bond donors (Lipinski definition) is 0. The molecule has 0 unspecified atom stereocenters. The van der Waals surface area contributed by atoms with Crippen LogP contribution in [0.15, 0.2) is 255 Å². The van der Waals surface area contributed by atoms with Crippen LogP contribution in [0.1, 0.15) is 0 Å². The van der Waals surface area contributed by atoms with Crippen LogP contribution in [-0.2, 0) is 0 Å². The molecule has 0 aliphatic heterocycles. The van der Waals surface area contributed by atoms with Gasteiger partial charge in [-0.1, -0.05) is 218 Å². The summed E-state index contributed by atoms with van der Waals surface area (Å²) in [6.07, 6.45) is 0. The van der Waals surface area contributed by atoms with Gasteiger partial charge in [0.1, 0.15) is 0 Å². The molecule has 0 aliphatic carbocycles. The topological polar surface area (TPSA) is 9.86 Å². The minimum atomic E-state index is -2.82. The van der Waals surface area contributed by atoms with Crippen LogP contribution >= 0.6 is 0 Å². The normalized spacial score (nSPS) is 11.8. The molecule has 0 bridgehead atoms. The molecule has 296 valence electrons. The molecule has 0 saturated carbocycles. The van der Waals surface area contributed by atoms with Gasteiger partial charge in [0, 0.05) is 27.1 Å². The first-order valence-electron chi connectivity index (χ1n) is 21.8. The molecule has 12 rings (SSSR count). The first-order chi connectivity index (χ1) is 31.3. The Labute approximate surface area is 368 Å². The minimum Gasteiger partial charge on any atom is -0.309 e. The van der Waals surface area contributed by atoms with E-state index >= 15 is 0 Å². The van der Waals surface area contributed by atoms with Crippen molar-refractivity contribution in [3.8, 4) is 33.6 Å². The van der Waals surface area contributed by atoms with E-state index in [4.69, 9.17) is 0 Å². The SMILES string of the molecule is c1ccc(-c2ccc(-c3ccccc3)c(-n3c4ccccc4c4c(-n5c6ccccc6c6ccc([Si](c7ccccc7)(c7ccccc7)c7ccccc7)cc65)cccc43)c2)cc1. The zero-order valence-corrected chi connectivity index (χ0v) is 35.6. The fourth-order valence-electron chi connectivity index (χ4n) is 10.4. The maximum atomic E-state index is 2.55. The molecule has 2 aromatic heterocycles.